The number of hydrogen-bond acceptors (Lipinski definition) is 7. The van der Waals surface area contributed by atoms with E-state index in [-0.39, 0.29) is 23.4 Å². The Morgan fingerprint density at radius 1 is 1.21 bits per heavy atom. The average Bonchev–Trinajstić information content (AvgIpc) is 3.29. The molecule has 33 heavy (non-hydrogen) atoms. The third kappa shape index (κ3) is 4.96. The first-order valence-corrected chi connectivity index (χ1v) is 11.5. The Morgan fingerprint density at radius 3 is 2.64 bits per heavy atom. The molecule has 1 N–H and O–H groups in total. The van der Waals surface area contributed by atoms with E-state index in [4.69, 9.17) is 0 Å². The number of anilines is 1. The van der Waals surface area contributed by atoms with E-state index in [0.717, 1.165) is 37.7 Å². The molecule has 1 saturated heterocycles. The Labute approximate surface area is 193 Å². The summed E-state index contributed by atoms with van der Waals surface area (Å²) in [6.45, 7) is 3.57. The van der Waals surface area contributed by atoms with Crippen molar-refractivity contribution < 1.29 is 13.2 Å². The van der Waals surface area contributed by atoms with Gasteiger partial charge in [0.2, 0.25) is 5.95 Å². The van der Waals surface area contributed by atoms with Crippen LogP contribution in [0.4, 0.5) is 19.1 Å². The fourth-order valence-electron chi connectivity index (χ4n) is 3.81. The molecule has 0 spiro atoms. The number of hydrogen-bond donors (Lipinski definition) is 1. The quantitative estimate of drug-likeness (QED) is 0.539. The molecule has 0 aliphatic carbocycles. The van der Waals surface area contributed by atoms with E-state index in [1.54, 1.807) is 37.1 Å². The van der Waals surface area contributed by atoms with Crippen LogP contribution in [0.2, 0.25) is 0 Å². The summed E-state index contributed by atoms with van der Waals surface area (Å²) < 4.78 is 44.9. The second kappa shape index (κ2) is 9.41. The first-order valence-electron chi connectivity index (χ1n) is 10.3. The van der Waals surface area contributed by atoms with Gasteiger partial charge in [-0.05, 0) is 37.7 Å². The highest BCUT2D eigenvalue weighted by atomic mass is 32.2. The highest BCUT2D eigenvalue weighted by molar-refractivity contribution is 7.96. The number of rotatable bonds is 5. The largest absolute Gasteiger partial charge is 0.420 e. The molecule has 1 aliphatic heterocycles. The van der Waals surface area contributed by atoms with Crippen molar-refractivity contribution in [2.75, 3.05) is 24.7 Å². The maximum absolute atomic E-state index is 13.7. The highest BCUT2D eigenvalue weighted by Crippen LogP contribution is 2.36. The van der Waals surface area contributed by atoms with Crippen LogP contribution in [-0.2, 0) is 6.18 Å². The number of aryl methyl sites for hydroxylation is 1. The lowest BCUT2D eigenvalue weighted by Crippen LogP contribution is -2.35. The van der Waals surface area contributed by atoms with Crippen molar-refractivity contribution in [3.8, 4) is 23.1 Å². The van der Waals surface area contributed by atoms with E-state index in [9.17, 15) is 18.4 Å². The summed E-state index contributed by atoms with van der Waals surface area (Å²) in [6.07, 6.45) is 2.72. The summed E-state index contributed by atoms with van der Waals surface area (Å²) in [5.41, 5.74) is 0.529. The van der Waals surface area contributed by atoms with Gasteiger partial charge in [-0.15, -0.1) is 0 Å². The van der Waals surface area contributed by atoms with Crippen molar-refractivity contribution >= 4 is 17.9 Å². The first kappa shape index (κ1) is 23.1. The minimum Gasteiger partial charge on any atom is -0.351 e. The van der Waals surface area contributed by atoms with Gasteiger partial charge < -0.3 is 9.88 Å². The van der Waals surface area contributed by atoms with E-state index in [2.05, 4.69) is 30.6 Å². The van der Waals surface area contributed by atoms with Gasteiger partial charge in [0.05, 0.1) is 11.3 Å². The van der Waals surface area contributed by atoms with Crippen LogP contribution in [0.15, 0.2) is 36.9 Å². The van der Waals surface area contributed by atoms with Crippen LogP contribution in [-0.4, -0.2) is 49.2 Å². The molecule has 3 heterocycles. The number of alkyl halides is 3. The number of aromatic nitrogens is 4. The lowest BCUT2D eigenvalue weighted by Gasteiger charge is -2.30. The summed E-state index contributed by atoms with van der Waals surface area (Å²) in [4.78, 5) is 12.3. The molecule has 0 amide bonds. The molecule has 1 aliphatic rings. The Balaban J connectivity index is 1.68. The molecule has 0 unspecified atom stereocenters. The van der Waals surface area contributed by atoms with Crippen molar-refractivity contribution in [3.05, 3.63) is 53.6 Å². The van der Waals surface area contributed by atoms with Crippen molar-refractivity contribution in [3.63, 3.8) is 0 Å². The molecular formula is C22H22F3N7S. The van der Waals surface area contributed by atoms with Gasteiger partial charge in [0, 0.05) is 31.5 Å². The minimum atomic E-state index is -4.64. The Bertz CT molecular complexity index is 1180. The zero-order valence-electron chi connectivity index (χ0n) is 18.1. The van der Waals surface area contributed by atoms with E-state index in [1.165, 1.54) is 17.1 Å². The number of nitrogens with zero attached hydrogens (tertiary/aromatic N) is 6. The molecular weight excluding hydrogens is 451 g/mol. The monoisotopic (exact) mass is 473 g/mol. The summed E-state index contributed by atoms with van der Waals surface area (Å²) >= 11 is 1.68. The number of nitriles is 1. The SMILES string of the molecule is CSN1CCC(Nc2ncc(C(F)(F)F)c(-c3cn(-c4cccc(C)c4C#N)cn3)n2)CC1. The topological polar surface area (TPSA) is 82.7 Å². The van der Waals surface area contributed by atoms with Gasteiger partial charge in [-0.2, -0.15) is 18.4 Å². The molecule has 2 aromatic heterocycles. The van der Waals surface area contributed by atoms with E-state index < -0.39 is 11.7 Å². The maximum Gasteiger partial charge on any atom is 0.420 e. The van der Waals surface area contributed by atoms with Crippen LogP contribution < -0.4 is 5.32 Å². The average molecular weight is 474 g/mol. The molecule has 11 heteroatoms. The maximum atomic E-state index is 13.7. The summed E-state index contributed by atoms with van der Waals surface area (Å²) in [5, 5.41) is 12.7. The number of piperidine rings is 1. The fourth-order valence-corrected chi connectivity index (χ4v) is 4.39. The van der Waals surface area contributed by atoms with Gasteiger partial charge in [-0.1, -0.05) is 24.1 Å². The van der Waals surface area contributed by atoms with Crippen LogP contribution in [0.1, 0.15) is 29.5 Å². The lowest BCUT2D eigenvalue weighted by molar-refractivity contribution is -0.137. The second-order valence-corrected chi connectivity index (χ2v) is 8.61. The van der Waals surface area contributed by atoms with E-state index >= 15 is 0 Å². The molecule has 0 bridgehead atoms. The Morgan fingerprint density at radius 2 is 1.97 bits per heavy atom. The normalized spacial score (nSPS) is 15.4. The number of imidazole rings is 1. The molecule has 0 atom stereocenters. The van der Waals surface area contributed by atoms with Gasteiger partial charge in [-0.25, -0.2) is 15.0 Å². The summed E-state index contributed by atoms with van der Waals surface area (Å²) in [6, 6.07) is 7.52. The van der Waals surface area contributed by atoms with Crippen LogP contribution in [0.5, 0.6) is 0 Å². The van der Waals surface area contributed by atoms with E-state index in [1.807, 2.05) is 6.26 Å². The molecule has 0 radical (unpaired) electrons. The molecule has 172 valence electrons. The highest BCUT2D eigenvalue weighted by Gasteiger charge is 2.36. The van der Waals surface area contributed by atoms with Crippen molar-refractivity contribution in [1.29, 1.82) is 5.26 Å². The van der Waals surface area contributed by atoms with Gasteiger partial charge >= 0.3 is 6.18 Å². The second-order valence-electron chi connectivity index (χ2n) is 7.73. The molecule has 0 saturated carbocycles. The molecule has 1 fully saturated rings. The Kier molecular flexibility index (Phi) is 6.58. The minimum absolute atomic E-state index is 0.0513. The molecule has 1 aromatic carbocycles. The van der Waals surface area contributed by atoms with Gasteiger partial charge in [-0.3, -0.25) is 4.31 Å². The molecule has 7 nitrogen and oxygen atoms in total. The zero-order chi connectivity index (χ0) is 23.6. The third-order valence-electron chi connectivity index (χ3n) is 5.61. The van der Waals surface area contributed by atoms with Crippen molar-refractivity contribution in [1.82, 2.24) is 23.8 Å². The zero-order valence-corrected chi connectivity index (χ0v) is 18.9. The van der Waals surface area contributed by atoms with Gasteiger partial charge in [0.25, 0.3) is 0 Å². The predicted octanol–water partition coefficient (Wildman–Crippen LogP) is 4.68. The number of benzene rings is 1. The van der Waals surface area contributed by atoms with Crippen LogP contribution >= 0.6 is 11.9 Å². The van der Waals surface area contributed by atoms with Crippen LogP contribution in [0.3, 0.4) is 0 Å². The lowest BCUT2D eigenvalue weighted by atomic mass is 10.1. The number of halogens is 3. The number of nitrogens with one attached hydrogen (secondary N) is 1. The summed E-state index contributed by atoms with van der Waals surface area (Å²) in [5.74, 6) is 0.142. The van der Waals surface area contributed by atoms with Gasteiger partial charge in [0.1, 0.15) is 29.3 Å². The smallest absolute Gasteiger partial charge is 0.351 e. The standard InChI is InChI=1S/C22H22F3N7S/c1-14-4-3-5-19(16(14)10-26)31-12-18(28-13-31)20-17(22(23,24)25)11-27-21(30-20)29-15-6-8-32(33-2)9-7-15/h3-5,11-13,15H,6-9H2,1-2H3,(H,27,29,30). The summed E-state index contributed by atoms with van der Waals surface area (Å²) in [7, 11) is 0. The van der Waals surface area contributed by atoms with Crippen molar-refractivity contribution in [2.24, 2.45) is 0 Å². The van der Waals surface area contributed by atoms with Crippen LogP contribution in [0.25, 0.3) is 17.1 Å². The first-order chi connectivity index (χ1) is 15.8. The molecule has 4 rings (SSSR count). The van der Waals surface area contributed by atoms with Crippen molar-refractivity contribution in [2.45, 2.75) is 32.0 Å². The Hall–Kier alpha value is -3.10. The van der Waals surface area contributed by atoms with E-state index in [0.29, 0.717) is 11.3 Å². The molecule has 3 aromatic rings. The fraction of sp³-hybridized carbons (Fsp3) is 0.364. The van der Waals surface area contributed by atoms with Crippen LogP contribution in [0, 0.1) is 18.3 Å². The third-order valence-corrected chi connectivity index (χ3v) is 6.49. The predicted molar refractivity (Wildman–Crippen MR) is 121 cm³/mol. The van der Waals surface area contributed by atoms with Gasteiger partial charge in [0.15, 0.2) is 0 Å².